The molecule has 2 heterocycles. The van der Waals surface area contributed by atoms with E-state index in [2.05, 4.69) is 22.4 Å². The van der Waals surface area contributed by atoms with E-state index in [4.69, 9.17) is 10.6 Å². The average Bonchev–Trinajstić information content (AvgIpc) is 3.39. The quantitative estimate of drug-likeness (QED) is 0.379. The number of rotatable bonds is 7. The molecule has 2 unspecified atom stereocenters. The second-order valence-electron chi connectivity index (χ2n) is 8.01. The Balaban J connectivity index is 1.51. The van der Waals surface area contributed by atoms with Crippen LogP contribution in [0, 0.1) is 5.92 Å². The largest absolute Gasteiger partial charge is 0.462 e. The Bertz CT molecular complexity index is 966. The Hall–Kier alpha value is -2.07. The fourth-order valence-corrected chi connectivity index (χ4v) is 5.85. The molecule has 0 spiro atoms. The maximum atomic E-state index is 12.9. The van der Waals surface area contributed by atoms with Gasteiger partial charge >= 0.3 is 5.97 Å². The highest BCUT2D eigenvalue weighted by molar-refractivity contribution is 8.00. The number of esters is 1. The molecule has 1 saturated carbocycles. The maximum absolute atomic E-state index is 12.9. The number of anilines is 1. The average molecular weight is 450 g/mol. The number of nitrogens with two attached hydrogens (primary N) is 1. The molecule has 4 rings (SSSR count). The van der Waals surface area contributed by atoms with E-state index in [0.717, 1.165) is 43.5 Å². The Morgan fingerprint density at radius 1 is 1.37 bits per heavy atom. The number of nitrogen functional groups attached to an aromatic ring is 1. The first kappa shape index (κ1) is 21.2. The van der Waals surface area contributed by atoms with Gasteiger partial charge in [-0.1, -0.05) is 18.7 Å². The number of aromatic nitrogens is 3. The zero-order valence-electron chi connectivity index (χ0n) is 17.4. The minimum atomic E-state index is -0.448. The van der Waals surface area contributed by atoms with Crippen molar-refractivity contribution in [3.63, 3.8) is 0 Å². The monoisotopic (exact) mass is 449 g/mol. The van der Waals surface area contributed by atoms with Crippen LogP contribution in [0.2, 0.25) is 0 Å². The van der Waals surface area contributed by atoms with Crippen LogP contribution in [0.4, 0.5) is 5.00 Å². The lowest BCUT2D eigenvalue weighted by Gasteiger charge is -2.18. The van der Waals surface area contributed by atoms with Gasteiger partial charge in [-0.2, -0.15) is 0 Å². The molecule has 10 heteroatoms. The summed E-state index contributed by atoms with van der Waals surface area (Å²) in [6.07, 6.45) is 4.95. The molecule has 30 heavy (non-hydrogen) atoms. The van der Waals surface area contributed by atoms with E-state index in [0.29, 0.717) is 34.2 Å². The summed E-state index contributed by atoms with van der Waals surface area (Å²) in [5.41, 5.74) is 1.55. The van der Waals surface area contributed by atoms with Crippen LogP contribution in [0.25, 0.3) is 0 Å². The lowest BCUT2D eigenvalue weighted by atomic mass is 9.88. The predicted molar refractivity (Wildman–Crippen MR) is 118 cm³/mol. The molecule has 0 aromatic carbocycles. The van der Waals surface area contributed by atoms with Crippen LogP contribution in [-0.4, -0.2) is 38.6 Å². The number of hydrogen-bond acceptors (Lipinski definition) is 8. The van der Waals surface area contributed by atoms with Gasteiger partial charge in [0.2, 0.25) is 11.1 Å². The van der Waals surface area contributed by atoms with Gasteiger partial charge in [0, 0.05) is 10.8 Å². The van der Waals surface area contributed by atoms with Crippen LogP contribution in [0.1, 0.15) is 72.6 Å². The number of fused-ring (bicyclic) bond motifs is 1. The van der Waals surface area contributed by atoms with Crippen LogP contribution < -0.4 is 11.2 Å². The van der Waals surface area contributed by atoms with Crippen molar-refractivity contribution in [2.75, 3.05) is 17.8 Å². The topological polar surface area (TPSA) is 112 Å². The smallest absolute Gasteiger partial charge is 0.341 e. The Morgan fingerprint density at radius 2 is 2.13 bits per heavy atom. The summed E-state index contributed by atoms with van der Waals surface area (Å²) in [7, 11) is 0. The third-order valence-corrected chi connectivity index (χ3v) is 7.74. The molecule has 162 valence electrons. The molecule has 0 saturated heterocycles. The molecule has 0 bridgehead atoms. The minimum Gasteiger partial charge on any atom is -0.462 e. The van der Waals surface area contributed by atoms with E-state index in [1.165, 1.54) is 32.7 Å². The van der Waals surface area contributed by atoms with Crippen molar-refractivity contribution in [2.24, 2.45) is 5.92 Å². The fourth-order valence-electron chi connectivity index (χ4n) is 3.67. The zero-order valence-corrected chi connectivity index (χ0v) is 19.1. The fraction of sp³-hybridized carbons (Fsp3) is 0.600. The van der Waals surface area contributed by atoms with Crippen molar-refractivity contribution in [1.82, 2.24) is 14.9 Å². The second kappa shape index (κ2) is 8.58. The lowest BCUT2D eigenvalue weighted by Crippen LogP contribution is -2.24. The van der Waals surface area contributed by atoms with Crippen molar-refractivity contribution in [1.29, 1.82) is 0 Å². The summed E-state index contributed by atoms with van der Waals surface area (Å²) in [4.78, 5) is 26.7. The molecule has 3 N–H and O–H groups in total. The SMILES string of the molecule is CCOC(=O)c1c(NC(=O)C(C)Sc2nnc(C3CC3)n2N)sc2c1CCC(C)C2. The first-order chi connectivity index (χ1) is 14.4. The van der Waals surface area contributed by atoms with Gasteiger partial charge in [0.15, 0.2) is 5.82 Å². The third-order valence-electron chi connectivity index (χ3n) is 5.51. The molecule has 8 nitrogen and oxygen atoms in total. The summed E-state index contributed by atoms with van der Waals surface area (Å²) < 4.78 is 6.76. The van der Waals surface area contributed by atoms with E-state index in [-0.39, 0.29) is 11.9 Å². The van der Waals surface area contributed by atoms with Crippen molar-refractivity contribution < 1.29 is 14.3 Å². The predicted octanol–water partition coefficient (Wildman–Crippen LogP) is 3.35. The van der Waals surface area contributed by atoms with Crippen molar-refractivity contribution in [2.45, 2.75) is 69.2 Å². The molecule has 2 aromatic heterocycles. The summed E-state index contributed by atoms with van der Waals surface area (Å²) in [5.74, 6) is 7.26. The van der Waals surface area contributed by atoms with E-state index in [9.17, 15) is 9.59 Å². The van der Waals surface area contributed by atoms with E-state index in [1.807, 2.05) is 0 Å². The number of hydrogen-bond donors (Lipinski definition) is 2. The van der Waals surface area contributed by atoms with Gasteiger partial charge < -0.3 is 15.9 Å². The Morgan fingerprint density at radius 3 is 2.83 bits per heavy atom. The number of thioether (sulfide) groups is 1. The van der Waals surface area contributed by atoms with E-state index in [1.54, 1.807) is 13.8 Å². The molecule has 2 aliphatic rings. The summed E-state index contributed by atoms with van der Waals surface area (Å²) in [6, 6.07) is 0. The molecular weight excluding hydrogens is 422 g/mol. The number of carbonyl (C=O) groups excluding carboxylic acids is 2. The molecular formula is C20H27N5O3S2. The number of ether oxygens (including phenoxy) is 1. The number of amides is 1. The Kier molecular flexibility index (Phi) is 6.06. The molecule has 0 aliphatic heterocycles. The van der Waals surface area contributed by atoms with Crippen LogP contribution in [-0.2, 0) is 22.4 Å². The molecule has 1 amide bonds. The summed E-state index contributed by atoms with van der Waals surface area (Å²) in [5, 5.41) is 11.9. The molecule has 2 aromatic rings. The van der Waals surface area contributed by atoms with E-state index >= 15 is 0 Å². The zero-order chi connectivity index (χ0) is 21.4. The first-order valence-corrected chi connectivity index (χ1v) is 12.1. The van der Waals surface area contributed by atoms with Gasteiger partial charge in [0.25, 0.3) is 0 Å². The van der Waals surface area contributed by atoms with Gasteiger partial charge in [-0.05, 0) is 57.4 Å². The third kappa shape index (κ3) is 4.20. The number of nitrogens with zero attached hydrogens (tertiary/aromatic N) is 3. The van der Waals surface area contributed by atoms with Crippen molar-refractivity contribution in [3.8, 4) is 0 Å². The van der Waals surface area contributed by atoms with Crippen LogP contribution in [0.15, 0.2) is 5.16 Å². The summed E-state index contributed by atoms with van der Waals surface area (Å²) >= 11 is 2.76. The Labute approximate surface area is 183 Å². The minimum absolute atomic E-state index is 0.201. The maximum Gasteiger partial charge on any atom is 0.341 e. The molecule has 2 aliphatic carbocycles. The highest BCUT2D eigenvalue weighted by Crippen LogP contribution is 2.41. The summed E-state index contributed by atoms with van der Waals surface area (Å²) in [6.45, 7) is 6.09. The number of carbonyl (C=O) groups is 2. The molecule has 2 atom stereocenters. The number of thiophene rings is 1. The van der Waals surface area contributed by atoms with Gasteiger partial charge in [-0.15, -0.1) is 21.5 Å². The molecule has 1 fully saturated rings. The van der Waals surface area contributed by atoms with Gasteiger partial charge in [0.05, 0.1) is 17.4 Å². The molecule has 0 radical (unpaired) electrons. The van der Waals surface area contributed by atoms with Gasteiger partial charge in [0.1, 0.15) is 5.00 Å². The van der Waals surface area contributed by atoms with E-state index < -0.39 is 5.25 Å². The van der Waals surface area contributed by atoms with Crippen LogP contribution in [0.3, 0.4) is 0 Å². The van der Waals surface area contributed by atoms with Gasteiger partial charge in [-0.3, -0.25) is 4.79 Å². The van der Waals surface area contributed by atoms with Crippen LogP contribution >= 0.6 is 23.1 Å². The van der Waals surface area contributed by atoms with Crippen molar-refractivity contribution >= 4 is 40.0 Å². The normalized spacial score (nSPS) is 19.2. The number of nitrogens with one attached hydrogen (secondary N) is 1. The standard InChI is InChI=1S/C20H27N5O3S2/c1-4-28-19(27)15-13-8-5-10(2)9-14(13)30-18(15)22-17(26)11(3)29-20-24-23-16(25(20)21)12-6-7-12/h10-12H,4-9,21H2,1-3H3,(H,22,26). The second-order valence-corrected chi connectivity index (χ2v) is 10.4. The van der Waals surface area contributed by atoms with Crippen molar-refractivity contribution in [3.05, 3.63) is 21.8 Å². The first-order valence-electron chi connectivity index (χ1n) is 10.4. The van der Waals surface area contributed by atoms with Crippen LogP contribution in [0.5, 0.6) is 0 Å². The highest BCUT2D eigenvalue weighted by atomic mass is 32.2. The highest BCUT2D eigenvalue weighted by Gasteiger charge is 2.32. The lowest BCUT2D eigenvalue weighted by molar-refractivity contribution is -0.115. The van der Waals surface area contributed by atoms with Gasteiger partial charge in [-0.25, -0.2) is 9.47 Å².